The number of hydrogen-bond acceptors (Lipinski definition) is 1. The van der Waals surface area contributed by atoms with Crippen molar-refractivity contribution in [2.75, 3.05) is 0 Å². The van der Waals surface area contributed by atoms with Crippen LogP contribution in [0.15, 0.2) is 59.1 Å². The van der Waals surface area contributed by atoms with E-state index in [0.717, 1.165) is 10.0 Å². The first-order valence-corrected chi connectivity index (χ1v) is 6.87. The van der Waals surface area contributed by atoms with Crippen LogP contribution < -0.4 is 5.73 Å². The van der Waals surface area contributed by atoms with Crippen LogP contribution in [0.2, 0.25) is 0 Å². The van der Waals surface area contributed by atoms with Gasteiger partial charge in [-0.05, 0) is 23.3 Å². The maximum atomic E-state index is 6.44. The van der Waals surface area contributed by atoms with Crippen LogP contribution in [0.5, 0.6) is 0 Å². The quantitative estimate of drug-likeness (QED) is 0.892. The smallest absolute Gasteiger partial charge is 0.0387 e. The zero-order chi connectivity index (χ0) is 13.2. The molecule has 0 amide bonds. The molecule has 0 heterocycles. The zero-order valence-corrected chi connectivity index (χ0v) is 12.3. The number of halogens is 1. The Balaban J connectivity index is 2.32. The predicted octanol–water partition coefficient (Wildman–Crippen LogP) is 4.43. The van der Waals surface area contributed by atoms with E-state index < -0.39 is 0 Å². The Morgan fingerprint density at radius 1 is 0.944 bits per heavy atom. The van der Waals surface area contributed by atoms with Crippen molar-refractivity contribution in [3.05, 3.63) is 70.2 Å². The van der Waals surface area contributed by atoms with Gasteiger partial charge in [0.1, 0.15) is 0 Å². The monoisotopic (exact) mass is 303 g/mol. The molecule has 0 aromatic heterocycles. The molecule has 0 saturated heterocycles. The molecule has 1 atom stereocenters. The third kappa shape index (κ3) is 2.65. The number of benzene rings is 2. The number of nitrogens with two attached hydrogens (primary N) is 1. The summed E-state index contributed by atoms with van der Waals surface area (Å²) in [6.07, 6.45) is 0. The maximum Gasteiger partial charge on any atom is 0.0387 e. The van der Waals surface area contributed by atoms with Crippen molar-refractivity contribution in [1.29, 1.82) is 0 Å². The van der Waals surface area contributed by atoms with Gasteiger partial charge < -0.3 is 5.73 Å². The van der Waals surface area contributed by atoms with Gasteiger partial charge in [-0.1, -0.05) is 72.2 Å². The van der Waals surface area contributed by atoms with Gasteiger partial charge in [0, 0.05) is 15.9 Å². The Labute approximate surface area is 117 Å². The Morgan fingerprint density at radius 3 is 2.06 bits per heavy atom. The lowest BCUT2D eigenvalue weighted by Crippen LogP contribution is -2.33. The molecule has 0 aliphatic rings. The molecule has 0 aliphatic carbocycles. The van der Waals surface area contributed by atoms with E-state index in [2.05, 4.69) is 66.2 Å². The normalized spacial score (nSPS) is 13.3. The van der Waals surface area contributed by atoms with E-state index >= 15 is 0 Å². The van der Waals surface area contributed by atoms with E-state index in [1.54, 1.807) is 0 Å². The molecule has 1 unspecified atom stereocenters. The fourth-order valence-corrected chi connectivity index (χ4v) is 2.40. The van der Waals surface area contributed by atoms with Gasteiger partial charge in [0.15, 0.2) is 0 Å². The summed E-state index contributed by atoms with van der Waals surface area (Å²) in [5, 5.41) is 0. The van der Waals surface area contributed by atoms with Crippen molar-refractivity contribution >= 4 is 15.9 Å². The Kier molecular flexibility index (Phi) is 3.88. The maximum absolute atomic E-state index is 6.44. The highest BCUT2D eigenvalue weighted by molar-refractivity contribution is 9.10. The van der Waals surface area contributed by atoms with Crippen molar-refractivity contribution in [1.82, 2.24) is 0 Å². The van der Waals surface area contributed by atoms with Crippen molar-refractivity contribution < 1.29 is 0 Å². The average Bonchev–Trinajstić information content (AvgIpc) is 2.40. The minimum atomic E-state index is -0.0882. The molecule has 1 nitrogen and oxygen atoms in total. The van der Waals surface area contributed by atoms with E-state index in [-0.39, 0.29) is 11.5 Å². The molecule has 2 aromatic rings. The third-order valence-corrected chi connectivity index (χ3v) is 4.05. The van der Waals surface area contributed by atoms with Crippen LogP contribution in [0.4, 0.5) is 0 Å². The van der Waals surface area contributed by atoms with Gasteiger partial charge in [-0.25, -0.2) is 0 Å². The molecular weight excluding hydrogens is 286 g/mol. The van der Waals surface area contributed by atoms with Crippen LogP contribution in [0, 0.1) is 0 Å². The summed E-state index contributed by atoms with van der Waals surface area (Å²) in [6, 6.07) is 18.7. The van der Waals surface area contributed by atoms with E-state index in [1.807, 2.05) is 18.2 Å². The molecule has 0 radical (unpaired) electrons. The standard InChI is InChI=1S/C16H18BrN/c1-16(2,13-6-4-3-5-7-13)15(18)12-8-10-14(17)11-9-12/h3-11,15H,18H2,1-2H3. The highest BCUT2D eigenvalue weighted by Crippen LogP contribution is 2.35. The van der Waals surface area contributed by atoms with E-state index in [4.69, 9.17) is 5.73 Å². The molecule has 0 saturated carbocycles. The first-order chi connectivity index (χ1) is 8.51. The fraction of sp³-hybridized carbons (Fsp3) is 0.250. The lowest BCUT2D eigenvalue weighted by Gasteiger charge is -2.32. The first kappa shape index (κ1) is 13.3. The van der Waals surface area contributed by atoms with Crippen molar-refractivity contribution in [3.63, 3.8) is 0 Å². The zero-order valence-electron chi connectivity index (χ0n) is 10.7. The first-order valence-electron chi connectivity index (χ1n) is 6.08. The summed E-state index contributed by atoms with van der Waals surface area (Å²) in [5.74, 6) is 0. The van der Waals surface area contributed by atoms with Crippen molar-refractivity contribution in [2.24, 2.45) is 5.73 Å². The highest BCUT2D eigenvalue weighted by atomic mass is 79.9. The van der Waals surface area contributed by atoms with Gasteiger partial charge in [0.2, 0.25) is 0 Å². The molecule has 2 heteroatoms. The summed E-state index contributed by atoms with van der Waals surface area (Å²) >= 11 is 3.45. The second-order valence-corrected chi connectivity index (χ2v) is 6.03. The van der Waals surface area contributed by atoms with Gasteiger partial charge in [0.25, 0.3) is 0 Å². The van der Waals surface area contributed by atoms with E-state index in [9.17, 15) is 0 Å². The lowest BCUT2D eigenvalue weighted by molar-refractivity contribution is 0.421. The molecule has 18 heavy (non-hydrogen) atoms. The summed E-state index contributed by atoms with van der Waals surface area (Å²) in [7, 11) is 0. The van der Waals surface area contributed by atoms with Crippen LogP contribution in [0.1, 0.15) is 31.0 Å². The lowest BCUT2D eigenvalue weighted by atomic mass is 9.75. The van der Waals surface area contributed by atoms with Gasteiger partial charge in [-0.15, -0.1) is 0 Å². The molecular formula is C16H18BrN. The second-order valence-electron chi connectivity index (χ2n) is 5.12. The SMILES string of the molecule is CC(C)(c1ccccc1)C(N)c1ccc(Br)cc1. The molecule has 0 fully saturated rings. The number of hydrogen-bond donors (Lipinski definition) is 1. The van der Waals surface area contributed by atoms with Crippen molar-refractivity contribution in [3.8, 4) is 0 Å². The predicted molar refractivity (Wildman–Crippen MR) is 80.5 cm³/mol. The molecule has 2 N–H and O–H groups in total. The van der Waals surface area contributed by atoms with Gasteiger partial charge in [0.05, 0.1) is 0 Å². The average molecular weight is 304 g/mol. The Morgan fingerprint density at radius 2 is 1.50 bits per heavy atom. The fourth-order valence-electron chi connectivity index (χ4n) is 2.13. The minimum Gasteiger partial charge on any atom is -0.323 e. The Hall–Kier alpha value is -1.12. The molecule has 94 valence electrons. The summed E-state index contributed by atoms with van der Waals surface area (Å²) in [6.45, 7) is 4.38. The van der Waals surface area contributed by atoms with Crippen LogP contribution in [-0.2, 0) is 5.41 Å². The minimum absolute atomic E-state index is 0.0204. The molecule has 2 rings (SSSR count). The van der Waals surface area contributed by atoms with Gasteiger partial charge >= 0.3 is 0 Å². The van der Waals surface area contributed by atoms with Crippen LogP contribution in [0.3, 0.4) is 0 Å². The summed E-state index contributed by atoms with van der Waals surface area (Å²) in [4.78, 5) is 0. The van der Waals surface area contributed by atoms with Crippen LogP contribution >= 0.6 is 15.9 Å². The molecule has 0 aliphatic heterocycles. The van der Waals surface area contributed by atoms with Crippen LogP contribution in [0.25, 0.3) is 0 Å². The highest BCUT2D eigenvalue weighted by Gasteiger charge is 2.29. The van der Waals surface area contributed by atoms with Crippen molar-refractivity contribution in [2.45, 2.75) is 25.3 Å². The Bertz CT molecular complexity index is 502. The third-order valence-electron chi connectivity index (χ3n) is 3.52. The van der Waals surface area contributed by atoms with E-state index in [0.29, 0.717) is 0 Å². The van der Waals surface area contributed by atoms with Gasteiger partial charge in [-0.3, -0.25) is 0 Å². The molecule has 0 spiro atoms. The molecule has 0 bridgehead atoms. The largest absolute Gasteiger partial charge is 0.323 e. The topological polar surface area (TPSA) is 26.0 Å². The summed E-state index contributed by atoms with van der Waals surface area (Å²) in [5.41, 5.74) is 8.77. The van der Waals surface area contributed by atoms with Crippen LogP contribution in [-0.4, -0.2) is 0 Å². The molecule has 2 aromatic carbocycles. The summed E-state index contributed by atoms with van der Waals surface area (Å²) < 4.78 is 1.08. The van der Waals surface area contributed by atoms with Gasteiger partial charge in [-0.2, -0.15) is 0 Å². The second kappa shape index (κ2) is 5.25. The number of rotatable bonds is 3. The van der Waals surface area contributed by atoms with E-state index in [1.165, 1.54) is 5.56 Å².